The van der Waals surface area contributed by atoms with Crippen LogP contribution in [0, 0.1) is 5.92 Å². The van der Waals surface area contributed by atoms with Gasteiger partial charge in [-0.1, -0.05) is 25.1 Å². The number of halogens is 1. The number of nitrogens with zero attached hydrogens (tertiary/aromatic N) is 3. The molecule has 4 nitrogen and oxygen atoms in total. The van der Waals surface area contributed by atoms with Gasteiger partial charge in [0, 0.05) is 31.1 Å². The maximum absolute atomic E-state index is 5.99. The molecule has 2 heterocycles. The maximum atomic E-state index is 5.99. The highest BCUT2D eigenvalue weighted by Gasteiger charge is 2.26. The van der Waals surface area contributed by atoms with Crippen LogP contribution in [-0.4, -0.2) is 33.8 Å². The van der Waals surface area contributed by atoms with Crippen LogP contribution in [0.15, 0.2) is 24.3 Å². The number of para-hydroxylation sites is 1. The molecule has 0 aliphatic carbocycles. The lowest BCUT2D eigenvalue weighted by molar-refractivity contribution is 0.114. The van der Waals surface area contributed by atoms with Crippen LogP contribution in [0.2, 0.25) is 0 Å². The number of benzene rings is 1. The van der Waals surface area contributed by atoms with Gasteiger partial charge in [-0.15, -0.1) is 12.4 Å². The van der Waals surface area contributed by atoms with Crippen molar-refractivity contribution in [2.24, 2.45) is 11.7 Å². The second-order valence-electron chi connectivity index (χ2n) is 6.27. The number of fused-ring (bicyclic) bond motifs is 1. The van der Waals surface area contributed by atoms with Gasteiger partial charge >= 0.3 is 0 Å². The van der Waals surface area contributed by atoms with Crippen LogP contribution in [0.5, 0.6) is 0 Å². The van der Waals surface area contributed by atoms with Crippen molar-refractivity contribution in [1.82, 2.24) is 14.7 Å². The fraction of sp³-hybridized carbons (Fsp3) is 0.588. The van der Waals surface area contributed by atoms with E-state index in [1.165, 1.54) is 29.4 Å². The number of nitrogens with two attached hydrogens (primary N) is 1. The molecule has 2 N–H and O–H groups in total. The van der Waals surface area contributed by atoms with Gasteiger partial charge in [0.1, 0.15) is 0 Å². The average Bonchev–Trinajstić information content (AvgIpc) is 2.87. The summed E-state index contributed by atoms with van der Waals surface area (Å²) in [6.07, 6.45) is 2.48. The van der Waals surface area contributed by atoms with Crippen molar-refractivity contribution in [3.05, 3.63) is 30.0 Å². The minimum absolute atomic E-state index is 0. The molecule has 0 amide bonds. The first-order valence-electron chi connectivity index (χ1n) is 8.11. The first-order chi connectivity index (χ1) is 10.2. The summed E-state index contributed by atoms with van der Waals surface area (Å²) in [6, 6.07) is 9.04. The molecule has 0 radical (unpaired) electrons. The fourth-order valence-corrected chi connectivity index (χ4v) is 3.50. The highest BCUT2D eigenvalue weighted by Crippen LogP contribution is 2.26. The van der Waals surface area contributed by atoms with Gasteiger partial charge in [0.25, 0.3) is 0 Å². The summed E-state index contributed by atoms with van der Waals surface area (Å²) < 4.78 is 2.11. The van der Waals surface area contributed by atoms with Crippen molar-refractivity contribution in [1.29, 1.82) is 0 Å². The third-order valence-electron chi connectivity index (χ3n) is 4.76. The zero-order valence-electron chi connectivity index (χ0n) is 13.5. The Morgan fingerprint density at radius 1 is 1.32 bits per heavy atom. The van der Waals surface area contributed by atoms with Crippen LogP contribution in [0.25, 0.3) is 10.9 Å². The molecule has 0 spiro atoms. The Bertz CT molecular complexity index is 610. The molecule has 0 saturated carbocycles. The van der Waals surface area contributed by atoms with E-state index in [-0.39, 0.29) is 12.4 Å². The summed E-state index contributed by atoms with van der Waals surface area (Å²) in [6.45, 7) is 8.20. The van der Waals surface area contributed by atoms with Gasteiger partial charge in [-0.3, -0.25) is 9.58 Å². The predicted octanol–water partition coefficient (Wildman–Crippen LogP) is 3.04. The third-order valence-corrected chi connectivity index (χ3v) is 4.76. The number of piperidine rings is 1. The molecule has 22 heavy (non-hydrogen) atoms. The van der Waals surface area contributed by atoms with E-state index >= 15 is 0 Å². The molecule has 2 aromatic rings. The van der Waals surface area contributed by atoms with E-state index in [1.54, 1.807) is 0 Å². The molecule has 3 rings (SSSR count). The average molecular weight is 323 g/mol. The second kappa shape index (κ2) is 7.44. The zero-order chi connectivity index (χ0) is 14.8. The summed E-state index contributed by atoms with van der Waals surface area (Å²) in [5, 5.41) is 6.11. The standard InChI is InChI=1S/C17H26N4.ClH/c1-3-21-17-7-5-4-6-15(17)16(19-21)12-20-9-8-13(2)10-14(20)11-18;/h4-7,13-14H,3,8-12,18H2,1-2H3;1H. The van der Waals surface area contributed by atoms with E-state index in [9.17, 15) is 0 Å². The van der Waals surface area contributed by atoms with Gasteiger partial charge in [0.15, 0.2) is 0 Å². The van der Waals surface area contributed by atoms with Crippen LogP contribution >= 0.6 is 12.4 Å². The quantitative estimate of drug-likeness (QED) is 0.941. The molecular formula is C17H27ClN4. The van der Waals surface area contributed by atoms with Crippen molar-refractivity contribution in [2.45, 2.75) is 45.8 Å². The predicted molar refractivity (Wildman–Crippen MR) is 94.3 cm³/mol. The molecule has 122 valence electrons. The van der Waals surface area contributed by atoms with Gasteiger partial charge in [0.05, 0.1) is 11.2 Å². The number of aryl methyl sites for hydroxylation is 1. The number of hydrogen-bond acceptors (Lipinski definition) is 3. The minimum Gasteiger partial charge on any atom is -0.329 e. The summed E-state index contributed by atoms with van der Waals surface area (Å²) in [4.78, 5) is 2.52. The van der Waals surface area contributed by atoms with E-state index in [1.807, 2.05) is 0 Å². The van der Waals surface area contributed by atoms with Gasteiger partial charge in [-0.2, -0.15) is 5.10 Å². The summed E-state index contributed by atoms with van der Waals surface area (Å²) in [5.41, 5.74) is 8.42. The summed E-state index contributed by atoms with van der Waals surface area (Å²) in [5.74, 6) is 0.791. The Kier molecular flexibility index (Phi) is 5.84. The van der Waals surface area contributed by atoms with E-state index in [0.717, 1.165) is 32.1 Å². The van der Waals surface area contributed by atoms with Gasteiger partial charge in [-0.25, -0.2) is 0 Å². The van der Waals surface area contributed by atoms with Crippen molar-refractivity contribution in [2.75, 3.05) is 13.1 Å². The van der Waals surface area contributed by atoms with Crippen molar-refractivity contribution in [3.63, 3.8) is 0 Å². The van der Waals surface area contributed by atoms with Gasteiger partial charge in [-0.05, 0) is 38.3 Å². The smallest absolute Gasteiger partial charge is 0.0843 e. The molecule has 5 heteroatoms. The Balaban J connectivity index is 0.00000176. The SMILES string of the molecule is CCn1nc(CN2CCC(C)CC2CN)c2ccccc21.Cl. The molecule has 1 aliphatic rings. The zero-order valence-corrected chi connectivity index (χ0v) is 14.4. The molecule has 0 bridgehead atoms. The van der Waals surface area contributed by atoms with Crippen LogP contribution in [-0.2, 0) is 13.1 Å². The normalized spacial score (nSPS) is 22.7. The Morgan fingerprint density at radius 3 is 2.82 bits per heavy atom. The third kappa shape index (κ3) is 3.29. The minimum atomic E-state index is 0. The lowest BCUT2D eigenvalue weighted by Crippen LogP contribution is -2.45. The topological polar surface area (TPSA) is 47.1 Å². The van der Waals surface area contributed by atoms with Crippen molar-refractivity contribution < 1.29 is 0 Å². The van der Waals surface area contributed by atoms with E-state index in [0.29, 0.717) is 6.04 Å². The van der Waals surface area contributed by atoms with E-state index < -0.39 is 0 Å². The second-order valence-corrected chi connectivity index (χ2v) is 6.27. The number of hydrogen-bond donors (Lipinski definition) is 1. The van der Waals surface area contributed by atoms with E-state index in [2.05, 4.69) is 47.7 Å². The number of rotatable bonds is 4. The molecule has 2 atom stereocenters. The first kappa shape index (κ1) is 17.3. The largest absolute Gasteiger partial charge is 0.329 e. The van der Waals surface area contributed by atoms with E-state index in [4.69, 9.17) is 10.8 Å². The van der Waals surface area contributed by atoms with Gasteiger partial charge < -0.3 is 5.73 Å². The molecular weight excluding hydrogens is 296 g/mol. The molecule has 1 aliphatic heterocycles. The Hall–Kier alpha value is -1.10. The summed E-state index contributed by atoms with van der Waals surface area (Å²) in [7, 11) is 0. The van der Waals surface area contributed by atoms with Crippen molar-refractivity contribution >= 4 is 23.3 Å². The highest BCUT2D eigenvalue weighted by atomic mass is 35.5. The number of aromatic nitrogens is 2. The molecule has 1 aromatic heterocycles. The van der Waals surface area contributed by atoms with Crippen LogP contribution in [0.3, 0.4) is 0 Å². The highest BCUT2D eigenvalue weighted by molar-refractivity contribution is 5.85. The molecule has 1 saturated heterocycles. The lowest BCUT2D eigenvalue weighted by atomic mass is 9.92. The molecule has 1 fully saturated rings. The Morgan fingerprint density at radius 2 is 2.09 bits per heavy atom. The Labute approximate surface area is 139 Å². The van der Waals surface area contributed by atoms with Crippen molar-refractivity contribution in [3.8, 4) is 0 Å². The summed E-state index contributed by atoms with van der Waals surface area (Å²) >= 11 is 0. The molecule has 2 unspecified atom stereocenters. The lowest BCUT2D eigenvalue weighted by Gasteiger charge is -2.37. The first-order valence-corrected chi connectivity index (χ1v) is 8.11. The number of likely N-dealkylation sites (tertiary alicyclic amines) is 1. The monoisotopic (exact) mass is 322 g/mol. The molecule has 1 aromatic carbocycles. The maximum Gasteiger partial charge on any atom is 0.0843 e. The van der Waals surface area contributed by atoms with Crippen LogP contribution in [0.4, 0.5) is 0 Å². The fourth-order valence-electron chi connectivity index (χ4n) is 3.50. The van der Waals surface area contributed by atoms with Crippen LogP contribution in [0.1, 0.15) is 32.4 Å². The van der Waals surface area contributed by atoms with Crippen LogP contribution < -0.4 is 5.73 Å². The van der Waals surface area contributed by atoms with Gasteiger partial charge in [0.2, 0.25) is 0 Å².